The number of methoxy groups -OCH3 is 1. The molecule has 0 unspecified atom stereocenters. The topological polar surface area (TPSA) is 53.0 Å². The highest BCUT2D eigenvalue weighted by atomic mass is 16.5. The fraction of sp³-hybridized carbons (Fsp3) is 0.812. The Bertz CT molecular complexity index is 325. The van der Waals surface area contributed by atoms with Crippen molar-refractivity contribution in [3.8, 4) is 0 Å². The number of carboxylic acid groups (broad SMARTS) is 1. The molecule has 0 atom stereocenters. The van der Waals surface area contributed by atoms with Gasteiger partial charge in [0.15, 0.2) is 0 Å². The van der Waals surface area contributed by atoms with Crippen molar-refractivity contribution in [2.24, 2.45) is 5.92 Å². The second kappa shape index (κ2) is 9.79. The van der Waals surface area contributed by atoms with E-state index in [1.54, 1.807) is 14.2 Å². The average Bonchev–Trinajstić information content (AvgIpc) is 2.50. The van der Waals surface area contributed by atoms with E-state index in [1.165, 1.54) is 4.90 Å². The summed E-state index contributed by atoms with van der Waals surface area (Å²) in [5, 5.41) is 9.00. The zero-order chi connectivity index (χ0) is 15.7. The number of likely N-dealkylation sites (N-methyl/N-ethyl adjacent to an activating group) is 1. The molecule has 5 nitrogen and oxygen atoms in total. The predicted octanol–water partition coefficient (Wildman–Crippen LogP) is 2.68. The van der Waals surface area contributed by atoms with Gasteiger partial charge in [0.25, 0.3) is 0 Å². The van der Waals surface area contributed by atoms with E-state index in [0.717, 1.165) is 51.9 Å². The van der Waals surface area contributed by atoms with Crippen LogP contribution < -0.4 is 0 Å². The fourth-order valence-electron chi connectivity index (χ4n) is 2.84. The molecular weight excluding hydrogens is 268 g/mol. The Hall–Kier alpha value is -1.07. The van der Waals surface area contributed by atoms with Gasteiger partial charge in [0.05, 0.1) is 6.61 Å². The molecule has 1 fully saturated rings. The van der Waals surface area contributed by atoms with Gasteiger partial charge in [0.1, 0.15) is 0 Å². The first-order valence-electron chi connectivity index (χ1n) is 7.92. The second-order valence-electron chi connectivity index (χ2n) is 5.78. The molecule has 122 valence electrons. The molecule has 0 spiro atoms. The van der Waals surface area contributed by atoms with E-state index >= 15 is 0 Å². The highest BCUT2D eigenvalue weighted by molar-refractivity contribution is 5.64. The van der Waals surface area contributed by atoms with Crippen molar-refractivity contribution in [1.82, 2.24) is 9.80 Å². The van der Waals surface area contributed by atoms with E-state index in [-0.39, 0.29) is 6.04 Å². The summed E-state index contributed by atoms with van der Waals surface area (Å²) in [4.78, 5) is 14.8. The molecule has 1 amide bonds. The van der Waals surface area contributed by atoms with Gasteiger partial charge in [-0.2, -0.15) is 0 Å². The fourth-order valence-corrected chi connectivity index (χ4v) is 2.84. The minimum atomic E-state index is -0.814. The third-order valence-corrected chi connectivity index (χ3v) is 4.42. The third kappa shape index (κ3) is 6.48. The maximum atomic E-state index is 10.9. The SMILES string of the molecule is CCN(CC=CC1CCC(N(C)C(=O)O)CC1)CCOC. The first kappa shape index (κ1) is 18.0. The van der Waals surface area contributed by atoms with E-state index in [4.69, 9.17) is 9.84 Å². The Balaban J connectivity index is 2.28. The van der Waals surface area contributed by atoms with Crippen molar-refractivity contribution < 1.29 is 14.6 Å². The number of allylic oxidation sites excluding steroid dienone is 1. The molecule has 0 heterocycles. The molecule has 1 rings (SSSR count). The van der Waals surface area contributed by atoms with Gasteiger partial charge in [-0.05, 0) is 38.1 Å². The molecule has 0 aliphatic heterocycles. The zero-order valence-corrected chi connectivity index (χ0v) is 13.6. The number of hydrogen-bond acceptors (Lipinski definition) is 3. The third-order valence-electron chi connectivity index (χ3n) is 4.42. The summed E-state index contributed by atoms with van der Waals surface area (Å²) in [6.45, 7) is 5.90. The van der Waals surface area contributed by atoms with Gasteiger partial charge < -0.3 is 14.7 Å². The lowest BCUT2D eigenvalue weighted by molar-refractivity contribution is 0.122. The van der Waals surface area contributed by atoms with Gasteiger partial charge in [-0.3, -0.25) is 4.90 Å². The van der Waals surface area contributed by atoms with E-state index < -0.39 is 6.09 Å². The summed E-state index contributed by atoms with van der Waals surface area (Å²) in [5.41, 5.74) is 0. The smallest absolute Gasteiger partial charge is 0.407 e. The van der Waals surface area contributed by atoms with E-state index in [0.29, 0.717) is 5.92 Å². The van der Waals surface area contributed by atoms with Crippen LogP contribution in [0.2, 0.25) is 0 Å². The number of carbonyl (C=O) groups is 1. The largest absolute Gasteiger partial charge is 0.465 e. The van der Waals surface area contributed by atoms with Gasteiger partial charge in [-0.1, -0.05) is 19.1 Å². The Kier molecular flexibility index (Phi) is 8.38. The molecule has 0 saturated heterocycles. The molecular formula is C16H30N2O3. The van der Waals surface area contributed by atoms with Crippen LogP contribution in [-0.4, -0.2) is 67.4 Å². The molecule has 21 heavy (non-hydrogen) atoms. The number of hydrogen-bond donors (Lipinski definition) is 1. The van der Waals surface area contributed by atoms with Gasteiger partial charge in [0.2, 0.25) is 0 Å². The number of nitrogens with zero attached hydrogens (tertiary/aromatic N) is 2. The summed E-state index contributed by atoms with van der Waals surface area (Å²) in [6, 6.07) is 0.195. The Morgan fingerprint density at radius 2 is 2.00 bits per heavy atom. The monoisotopic (exact) mass is 298 g/mol. The first-order valence-corrected chi connectivity index (χ1v) is 7.92. The lowest BCUT2D eigenvalue weighted by Crippen LogP contribution is -2.38. The van der Waals surface area contributed by atoms with Crippen LogP contribution in [0.5, 0.6) is 0 Å². The van der Waals surface area contributed by atoms with E-state index in [1.807, 2.05) is 0 Å². The normalized spacial score (nSPS) is 22.9. The highest BCUT2D eigenvalue weighted by Gasteiger charge is 2.25. The van der Waals surface area contributed by atoms with Crippen LogP contribution in [0.15, 0.2) is 12.2 Å². The van der Waals surface area contributed by atoms with Crippen molar-refractivity contribution in [3.05, 3.63) is 12.2 Å². The zero-order valence-electron chi connectivity index (χ0n) is 13.6. The van der Waals surface area contributed by atoms with Gasteiger partial charge in [-0.15, -0.1) is 0 Å². The van der Waals surface area contributed by atoms with Crippen LogP contribution >= 0.6 is 0 Å². The Morgan fingerprint density at radius 3 is 2.52 bits per heavy atom. The number of ether oxygens (including phenoxy) is 1. The Morgan fingerprint density at radius 1 is 1.33 bits per heavy atom. The van der Waals surface area contributed by atoms with Crippen molar-refractivity contribution in [3.63, 3.8) is 0 Å². The second-order valence-corrected chi connectivity index (χ2v) is 5.78. The molecule has 5 heteroatoms. The maximum absolute atomic E-state index is 10.9. The summed E-state index contributed by atoms with van der Waals surface area (Å²) in [7, 11) is 3.41. The van der Waals surface area contributed by atoms with Crippen LogP contribution in [0.4, 0.5) is 4.79 Å². The molecule has 0 aromatic heterocycles. The van der Waals surface area contributed by atoms with E-state index in [2.05, 4.69) is 24.0 Å². The summed E-state index contributed by atoms with van der Waals surface area (Å²) < 4.78 is 5.11. The Labute approximate surface area is 128 Å². The summed E-state index contributed by atoms with van der Waals surface area (Å²) in [5.74, 6) is 0.601. The molecule has 1 aliphatic carbocycles. The minimum absolute atomic E-state index is 0.195. The standard InChI is InChI=1S/C16H30N2O3/c1-4-18(12-13-21-3)11-5-6-14-7-9-15(10-8-14)17(2)16(19)20/h5-6,14-15H,4,7-13H2,1-3H3,(H,19,20). The quantitative estimate of drug-likeness (QED) is 0.700. The molecule has 0 aromatic rings. The highest BCUT2D eigenvalue weighted by Crippen LogP contribution is 2.27. The van der Waals surface area contributed by atoms with Crippen molar-refractivity contribution >= 4 is 6.09 Å². The number of rotatable bonds is 8. The van der Waals surface area contributed by atoms with Gasteiger partial charge >= 0.3 is 6.09 Å². The average molecular weight is 298 g/mol. The van der Waals surface area contributed by atoms with Crippen LogP contribution in [0, 0.1) is 5.92 Å². The first-order chi connectivity index (χ1) is 10.1. The van der Waals surface area contributed by atoms with Crippen LogP contribution in [0.1, 0.15) is 32.6 Å². The van der Waals surface area contributed by atoms with Crippen LogP contribution in [0.3, 0.4) is 0 Å². The molecule has 0 bridgehead atoms. The molecule has 0 radical (unpaired) electrons. The summed E-state index contributed by atoms with van der Waals surface area (Å²) in [6.07, 6.45) is 7.87. The molecule has 1 aliphatic rings. The lowest BCUT2D eigenvalue weighted by Gasteiger charge is -2.32. The van der Waals surface area contributed by atoms with Crippen molar-refractivity contribution in [2.75, 3.05) is 40.4 Å². The lowest BCUT2D eigenvalue weighted by atomic mass is 9.85. The van der Waals surface area contributed by atoms with Gasteiger partial charge in [-0.25, -0.2) is 4.79 Å². The molecule has 0 aromatic carbocycles. The maximum Gasteiger partial charge on any atom is 0.407 e. The summed E-state index contributed by atoms with van der Waals surface area (Å²) >= 11 is 0. The minimum Gasteiger partial charge on any atom is -0.465 e. The van der Waals surface area contributed by atoms with Crippen molar-refractivity contribution in [1.29, 1.82) is 0 Å². The van der Waals surface area contributed by atoms with Crippen LogP contribution in [-0.2, 0) is 4.74 Å². The molecule has 1 saturated carbocycles. The van der Waals surface area contributed by atoms with E-state index in [9.17, 15) is 4.79 Å². The predicted molar refractivity (Wildman–Crippen MR) is 84.7 cm³/mol. The van der Waals surface area contributed by atoms with Crippen molar-refractivity contribution in [2.45, 2.75) is 38.6 Å². The van der Waals surface area contributed by atoms with Gasteiger partial charge in [0, 0.05) is 33.3 Å². The number of amides is 1. The molecule has 1 N–H and O–H groups in total. The van der Waals surface area contributed by atoms with Crippen LogP contribution in [0.25, 0.3) is 0 Å².